The smallest absolute Gasteiger partial charge is 0.311 e. The van der Waals surface area contributed by atoms with E-state index in [0.717, 1.165) is 0 Å². The molecule has 1 saturated heterocycles. The van der Waals surface area contributed by atoms with Gasteiger partial charge in [-0.3, -0.25) is 4.79 Å². The fraction of sp³-hybridized carbons (Fsp3) is 0.889. The molecule has 0 bridgehead atoms. The minimum Gasteiger partial charge on any atom is -0.469 e. The van der Waals surface area contributed by atoms with Crippen molar-refractivity contribution in [3.63, 3.8) is 0 Å². The van der Waals surface area contributed by atoms with Gasteiger partial charge in [-0.25, -0.2) is 8.42 Å². The molecule has 0 unspecified atom stereocenters. The van der Waals surface area contributed by atoms with E-state index >= 15 is 0 Å². The van der Waals surface area contributed by atoms with E-state index in [1.165, 1.54) is 7.11 Å². The Balaban J connectivity index is 2.81. The van der Waals surface area contributed by atoms with Crippen LogP contribution >= 0.6 is 0 Å². The summed E-state index contributed by atoms with van der Waals surface area (Å²) in [5.74, 6) is -0.0544. The van der Waals surface area contributed by atoms with Crippen LogP contribution in [0.25, 0.3) is 0 Å². The van der Waals surface area contributed by atoms with Gasteiger partial charge in [-0.05, 0) is 19.3 Å². The summed E-state index contributed by atoms with van der Waals surface area (Å²) in [6.07, 6.45) is 1.45. The fourth-order valence-electron chi connectivity index (χ4n) is 1.85. The number of carbonyl (C=O) groups excluding carboxylic acids is 1. The number of rotatable bonds is 2. The summed E-state index contributed by atoms with van der Waals surface area (Å²) in [4.78, 5) is 11.5. The molecule has 1 aliphatic rings. The van der Waals surface area contributed by atoms with Crippen LogP contribution in [0.3, 0.4) is 0 Å². The molecule has 1 aliphatic heterocycles. The number of methoxy groups -OCH3 is 1. The fourth-order valence-corrected chi connectivity index (χ4v) is 3.45. The first-order chi connectivity index (χ1) is 6.46. The maximum absolute atomic E-state index is 11.5. The van der Waals surface area contributed by atoms with Crippen LogP contribution < -0.4 is 0 Å². The third-order valence-electron chi connectivity index (χ3n) is 3.08. The molecule has 0 aromatic heterocycles. The Morgan fingerprint density at radius 2 is 1.86 bits per heavy atom. The van der Waals surface area contributed by atoms with Gasteiger partial charge in [0.15, 0.2) is 0 Å². The van der Waals surface area contributed by atoms with Crippen LogP contribution in [-0.2, 0) is 19.4 Å². The zero-order chi connectivity index (χ0) is 10.8. The maximum Gasteiger partial charge on any atom is 0.311 e. The Hall–Kier alpha value is -0.580. The van der Waals surface area contributed by atoms with Crippen LogP contribution in [0.2, 0.25) is 0 Å². The van der Waals surface area contributed by atoms with Crippen LogP contribution in [0.15, 0.2) is 0 Å². The summed E-state index contributed by atoms with van der Waals surface area (Å²) in [6.45, 7) is 1.90. The molecule has 0 radical (unpaired) electrons. The zero-order valence-electron chi connectivity index (χ0n) is 8.58. The van der Waals surface area contributed by atoms with Crippen molar-refractivity contribution in [3.05, 3.63) is 0 Å². The summed E-state index contributed by atoms with van der Waals surface area (Å²) in [5.41, 5.74) is -0.555. The second-order valence-corrected chi connectivity index (χ2v) is 6.08. The number of sulfone groups is 1. The Bertz CT molecular complexity index is 304. The van der Waals surface area contributed by atoms with E-state index in [9.17, 15) is 13.2 Å². The van der Waals surface area contributed by atoms with Crippen LogP contribution in [0.4, 0.5) is 0 Å². The van der Waals surface area contributed by atoms with Crippen molar-refractivity contribution in [2.45, 2.75) is 26.2 Å². The van der Waals surface area contributed by atoms with Gasteiger partial charge in [-0.1, -0.05) is 6.92 Å². The number of hydrogen-bond donors (Lipinski definition) is 0. The lowest BCUT2D eigenvalue weighted by Crippen LogP contribution is -2.40. The van der Waals surface area contributed by atoms with Crippen LogP contribution in [0.5, 0.6) is 0 Å². The van der Waals surface area contributed by atoms with E-state index < -0.39 is 15.3 Å². The molecule has 0 amide bonds. The third kappa shape index (κ3) is 2.08. The molecule has 0 spiro atoms. The maximum atomic E-state index is 11.5. The highest BCUT2D eigenvalue weighted by molar-refractivity contribution is 7.91. The van der Waals surface area contributed by atoms with Crippen molar-refractivity contribution in [2.75, 3.05) is 18.6 Å². The van der Waals surface area contributed by atoms with Crippen molar-refractivity contribution in [1.29, 1.82) is 0 Å². The Labute approximate surface area is 84.6 Å². The predicted octanol–water partition coefficient (Wildman–Crippen LogP) is 0.764. The lowest BCUT2D eigenvalue weighted by atomic mass is 9.79. The largest absolute Gasteiger partial charge is 0.469 e. The quantitative estimate of drug-likeness (QED) is 0.645. The molecule has 1 rings (SSSR count). The van der Waals surface area contributed by atoms with Crippen molar-refractivity contribution in [3.8, 4) is 0 Å². The van der Waals surface area contributed by atoms with Crippen molar-refractivity contribution < 1.29 is 17.9 Å². The number of esters is 1. The first kappa shape index (κ1) is 11.5. The van der Waals surface area contributed by atoms with Gasteiger partial charge in [-0.15, -0.1) is 0 Å². The molecule has 0 aromatic carbocycles. The summed E-state index contributed by atoms with van der Waals surface area (Å²) in [6, 6.07) is 0. The second kappa shape index (κ2) is 3.88. The summed E-state index contributed by atoms with van der Waals surface area (Å²) >= 11 is 0. The molecule has 82 valence electrons. The van der Waals surface area contributed by atoms with Crippen LogP contribution in [0, 0.1) is 5.41 Å². The van der Waals surface area contributed by atoms with Gasteiger partial charge in [0.05, 0.1) is 24.0 Å². The number of hydrogen-bond acceptors (Lipinski definition) is 4. The Kier molecular flexibility index (Phi) is 3.19. The average Bonchev–Trinajstić information content (AvgIpc) is 2.18. The molecule has 5 heteroatoms. The van der Waals surface area contributed by atoms with Gasteiger partial charge in [0.25, 0.3) is 0 Å². The molecule has 0 aromatic rings. The number of ether oxygens (including phenoxy) is 1. The molecule has 4 nitrogen and oxygen atoms in total. The van der Waals surface area contributed by atoms with Gasteiger partial charge in [0.2, 0.25) is 0 Å². The monoisotopic (exact) mass is 220 g/mol. The average molecular weight is 220 g/mol. The van der Waals surface area contributed by atoms with E-state index in [4.69, 9.17) is 4.74 Å². The topological polar surface area (TPSA) is 60.4 Å². The standard InChI is InChI=1S/C9H16O4S/c1-3-9(8(10)13-2)4-6-14(11,12)7-5-9/h3-7H2,1-2H3. The van der Waals surface area contributed by atoms with Gasteiger partial charge in [0, 0.05) is 0 Å². The molecule has 0 aliphatic carbocycles. The van der Waals surface area contributed by atoms with Crippen molar-refractivity contribution in [2.24, 2.45) is 5.41 Å². The van der Waals surface area contributed by atoms with Crippen LogP contribution in [0.1, 0.15) is 26.2 Å². The second-order valence-electron chi connectivity index (χ2n) is 3.78. The lowest BCUT2D eigenvalue weighted by molar-refractivity contribution is -0.153. The van der Waals surface area contributed by atoms with Gasteiger partial charge >= 0.3 is 5.97 Å². The molecule has 0 saturated carbocycles. The highest BCUT2D eigenvalue weighted by atomic mass is 32.2. The summed E-state index contributed by atoms with van der Waals surface area (Å²) < 4.78 is 27.1. The van der Waals surface area contributed by atoms with E-state index in [1.54, 1.807) is 0 Å². The van der Waals surface area contributed by atoms with Gasteiger partial charge in [-0.2, -0.15) is 0 Å². The molecule has 1 fully saturated rings. The Morgan fingerprint density at radius 3 is 2.21 bits per heavy atom. The number of carbonyl (C=O) groups is 1. The third-order valence-corrected chi connectivity index (χ3v) is 4.73. The zero-order valence-corrected chi connectivity index (χ0v) is 9.39. The highest BCUT2D eigenvalue weighted by Crippen LogP contribution is 2.36. The molecule has 0 N–H and O–H groups in total. The SMILES string of the molecule is CCC1(C(=O)OC)CCS(=O)(=O)CC1. The first-order valence-electron chi connectivity index (χ1n) is 4.74. The minimum atomic E-state index is -2.91. The molecule has 1 heterocycles. The van der Waals surface area contributed by atoms with E-state index in [1.807, 2.05) is 6.92 Å². The van der Waals surface area contributed by atoms with E-state index in [2.05, 4.69) is 0 Å². The van der Waals surface area contributed by atoms with E-state index in [-0.39, 0.29) is 17.5 Å². The highest BCUT2D eigenvalue weighted by Gasteiger charge is 2.42. The normalized spacial score (nSPS) is 24.1. The minimum absolute atomic E-state index is 0.107. The lowest BCUT2D eigenvalue weighted by Gasteiger charge is -2.33. The molecule has 14 heavy (non-hydrogen) atoms. The van der Waals surface area contributed by atoms with Crippen molar-refractivity contribution in [1.82, 2.24) is 0 Å². The molecular formula is C9H16O4S. The summed E-state index contributed by atoms with van der Waals surface area (Å²) in [7, 11) is -1.56. The van der Waals surface area contributed by atoms with Gasteiger partial charge in [0.1, 0.15) is 9.84 Å². The molecule has 0 atom stereocenters. The molecular weight excluding hydrogens is 204 g/mol. The Morgan fingerprint density at radius 1 is 1.36 bits per heavy atom. The van der Waals surface area contributed by atoms with Gasteiger partial charge < -0.3 is 4.74 Å². The first-order valence-corrected chi connectivity index (χ1v) is 6.57. The van der Waals surface area contributed by atoms with Crippen molar-refractivity contribution >= 4 is 15.8 Å². The van der Waals surface area contributed by atoms with E-state index in [0.29, 0.717) is 19.3 Å². The summed E-state index contributed by atoms with van der Waals surface area (Å²) in [5, 5.41) is 0. The van der Waals surface area contributed by atoms with Crippen LogP contribution in [-0.4, -0.2) is 33.0 Å². The predicted molar refractivity (Wildman–Crippen MR) is 52.6 cm³/mol.